The average molecular weight is 515 g/mol. The van der Waals surface area contributed by atoms with Gasteiger partial charge in [-0.05, 0) is 61.4 Å². The van der Waals surface area contributed by atoms with Crippen molar-refractivity contribution in [3.05, 3.63) is 64.5 Å². The van der Waals surface area contributed by atoms with Gasteiger partial charge in [0.05, 0.1) is 17.4 Å². The first-order chi connectivity index (χ1) is 16.4. The molecule has 1 amide bonds. The topological polar surface area (TPSA) is 75.7 Å². The number of ether oxygens (including phenoxy) is 1. The van der Waals surface area contributed by atoms with Gasteiger partial charge in [-0.25, -0.2) is 17.5 Å². The first-order valence-corrected chi connectivity index (χ1v) is 13.2. The highest BCUT2D eigenvalue weighted by molar-refractivity contribution is 7.89. The van der Waals surface area contributed by atoms with E-state index >= 15 is 0 Å². The van der Waals surface area contributed by atoms with Gasteiger partial charge >= 0.3 is 6.18 Å². The predicted molar refractivity (Wildman–Crippen MR) is 121 cm³/mol. The van der Waals surface area contributed by atoms with Crippen LogP contribution in [0.5, 0.6) is 5.75 Å². The van der Waals surface area contributed by atoms with Crippen LogP contribution in [0.4, 0.5) is 17.6 Å². The van der Waals surface area contributed by atoms with Crippen LogP contribution in [0.15, 0.2) is 36.4 Å². The average Bonchev–Trinajstić information content (AvgIpc) is 3.58. The van der Waals surface area contributed by atoms with Gasteiger partial charge in [-0.1, -0.05) is 18.2 Å². The van der Waals surface area contributed by atoms with Crippen LogP contribution in [0.1, 0.15) is 58.6 Å². The Bertz CT molecular complexity index is 1210. The van der Waals surface area contributed by atoms with Crippen LogP contribution in [0.25, 0.3) is 0 Å². The standard InChI is InChI=1S/C24H26F4N2O4S/c1-35(32,33)29-23(31)20-11-19(16-7-8-16)22(12-21(20)25)34-18-6-3-9-30(14-18)13-15-4-2-5-17(10-15)24(26,27)28/h2,4-5,10-12,16,18H,3,6-9,13-14H2,1H3,(H,29,31)/t18-/m1/s1. The number of nitrogens with zero attached hydrogens (tertiary/aromatic N) is 1. The number of halogens is 4. The summed E-state index contributed by atoms with van der Waals surface area (Å²) in [7, 11) is -3.85. The minimum atomic E-state index is -4.41. The van der Waals surface area contributed by atoms with E-state index in [9.17, 15) is 30.8 Å². The first-order valence-electron chi connectivity index (χ1n) is 11.3. The lowest BCUT2D eigenvalue weighted by Crippen LogP contribution is -2.40. The molecule has 2 aliphatic rings. The van der Waals surface area contributed by atoms with Gasteiger partial charge in [-0.15, -0.1) is 0 Å². The molecule has 0 radical (unpaired) electrons. The van der Waals surface area contributed by atoms with Crippen LogP contribution in [0, 0.1) is 5.82 Å². The van der Waals surface area contributed by atoms with Crippen molar-refractivity contribution in [2.24, 2.45) is 0 Å². The Labute approximate surface area is 201 Å². The number of rotatable bonds is 7. The minimum absolute atomic E-state index is 0.0974. The van der Waals surface area contributed by atoms with E-state index in [1.54, 1.807) is 10.8 Å². The summed E-state index contributed by atoms with van der Waals surface area (Å²) in [4.78, 5) is 14.2. The second-order valence-electron chi connectivity index (χ2n) is 9.16. The third kappa shape index (κ3) is 6.72. The zero-order valence-corrected chi connectivity index (χ0v) is 19.9. The van der Waals surface area contributed by atoms with E-state index in [1.807, 2.05) is 4.90 Å². The molecule has 1 N–H and O–H groups in total. The van der Waals surface area contributed by atoms with E-state index in [4.69, 9.17) is 4.74 Å². The fourth-order valence-corrected chi connectivity index (χ4v) is 4.77. The third-order valence-corrected chi connectivity index (χ3v) is 6.61. The summed E-state index contributed by atoms with van der Waals surface area (Å²) < 4.78 is 84.5. The molecule has 2 aromatic rings. The highest BCUT2D eigenvalue weighted by Crippen LogP contribution is 2.45. The lowest BCUT2D eigenvalue weighted by Gasteiger charge is -2.33. The third-order valence-electron chi connectivity index (χ3n) is 6.06. The van der Waals surface area contributed by atoms with Crippen molar-refractivity contribution in [1.29, 1.82) is 0 Å². The number of hydrogen-bond donors (Lipinski definition) is 1. The number of carbonyl (C=O) groups excluding carboxylic acids is 1. The van der Waals surface area contributed by atoms with Gasteiger partial charge in [0.25, 0.3) is 5.91 Å². The molecule has 1 saturated heterocycles. The molecule has 1 atom stereocenters. The van der Waals surface area contributed by atoms with Gasteiger partial charge in [0.15, 0.2) is 0 Å². The molecule has 1 aliphatic heterocycles. The Hall–Kier alpha value is -2.66. The molecule has 1 heterocycles. The quantitative estimate of drug-likeness (QED) is 0.553. The maximum Gasteiger partial charge on any atom is 0.416 e. The van der Waals surface area contributed by atoms with Gasteiger partial charge in [0, 0.05) is 19.2 Å². The smallest absolute Gasteiger partial charge is 0.416 e. The summed E-state index contributed by atoms with van der Waals surface area (Å²) in [5.74, 6) is -1.52. The highest BCUT2D eigenvalue weighted by atomic mass is 32.2. The first kappa shape index (κ1) is 25.4. The number of piperidine rings is 1. The Balaban J connectivity index is 1.48. The van der Waals surface area contributed by atoms with Crippen molar-refractivity contribution in [2.45, 2.75) is 50.4 Å². The number of sulfonamides is 1. The molecule has 190 valence electrons. The van der Waals surface area contributed by atoms with Crippen molar-refractivity contribution in [2.75, 3.05) is 19.3 Å². The van der Waals surface area contributed by atoms with Crippen LogP contribution < -0.4 is 9.46 Å². The fraction of sp³-hybridized carbons (Fsp3) is 0.458. The lowest BCUT2D eigenvalue weighted by atomic mass is 10.0. The molecule has 1 saturated carbocycles. The Morgan fingerprint density at radius 1 is 1.17 bits per heavy atom. The molecule has 0 aromatic heterocycles. The van der Waals surface area contributed by atoms with E-state index in [0.717, 1.165) is 43.7 Å². The summed E-state index contributed by atoms with van der Waals surface area (Å²) in [5.41, 5.74) is 0.148. The molecular formula is C24H26F4N2O4S. The number of hydrogen-bond acceptors (Lipinski definition) is 5. The van der Waals surface area contributed by atoms with Crippen LogP contribution in [0.3, 0.4) is 0 Å². The molecule has 2 aromatic carbocycles. The summed E-state index contributed by atoms with van der Waals surface area (Å²) in [6.45, 7) is 1.49. The molecule has 0 spiro atoms. The molecule has 0 unspecified atom stereocenters. The number of likely N-dealkylation sites (tertiary alicyclic amines) is 1. The van der Waals surface area contributed by atoms with Crippen molar-refractivity contribution in [3.8, 4) is 5.75 Å². The van der Waals surface area contributed by atoms with E-state index < -0.39 is 33.5 Å². The Morgan fingerprint density at radius 3 is 2.57 bits per heavy atom. The Morgan fingerprint density at radius 2 is 1.91 bits per heavy atom. The molecule has 11 heteroatoms. The number of benzene rings is 2. The van der Waals surface area contributed by atoms with Crippen LogP contribution in [-0.4, -0.2) is 44.7 Å². The molecule has 2 fully saturated rings. The van der Waals surface area contributed by atoms with Gasteiger partial charge in [0.2, 0.25) is 10.0 Å². The summed E-state index contributed by atoms with van der Waals surface area (Å²) in [5, 5.41) is 0. The number of carbonyl (C=O) groups is 1. The van der Waals surface area contributed by atoms with Crippen LogP contribution in [0.2, 0.25) is 0 Å². The van der Waals surface area contributed by atoms with Gasteiger partial charge in [0.1, 0.15) is 17.7 Å². The molecular weight excluding hydrogens is 488 g/mol. The molecule has 0 bridgehead atoms. The number of amides is 1. The monoisotopic (exact) mass is 514 g/mol. The highest BCUT2D eigenvalue weighted by Gasteiger charge is 2.32. The van der Waals surface area contributed by atoms with Crippen LogP contribution >= 0.6 is 0 Å². The Kier molecular flexibility index (Phi) is 7.10. The maximum atomic E-state index is 14.8. The van der Waals surface area contributed by atoms with Gasteiger partial charge < -0.3 is 4.74 Å². The summed E-state index contributed by atoms with van der Waals surface area (Å²) >= 11 is 0. The van der Waals surface area contributed by atoms with Crippen molar-refractivity contribution < 1.29 is 35.5 Å². The second-order valence-corrected chi connectivity index (χ2v) is 10.9. The van der Waals surface area contributed by atoms with Gasteiger partial charge in [-0.2, -0.15) is 13.2 Å². The van der Waals surface area contributed by atoms with E-state index in [0.29, 0.717) is 42.9 Å². The minimum Gasteiger partial charge on any atom is -0.489 e. The van der Waals surface area contributed by atoms with Crippen molar-refractivity contribution in [1.82, 2.24) is 9.62 Å². The van der Waals surface area contributed by atoms with Crippen molar-refractivity contribution in [3.63, 3.8) is 0 Å². The normalized spacial score (nSPS) is 19.4. The van der Waals surface area contributed by atoms with Gasteiger partial charge in [-0.3, -0.25) is 9.69 Å². The fourth-order valence-electron chi connectivity index (χ4n) is 4.32. The lowest BCUT2D eigenvalue weighted by molar-refractivity contribution is -0.137. The molecule has 4 rings (SSSR count). The molecule has 35 heavy (non-hydrogen) atoms. The van der Waals surface area contributed by atoms with E-state index in [1.165, 1.54) is 12.1 Å². The largest absolute Gasteiger partial charge is 0.489 e. The number of nitrogens with one attached hydrogen (secondary N) is 1. The molecule has 1 aliphatic carbocycles. The summed E-state index contributed by atoms with van der Waals surface area (Å²) in [6.07, 6.45) is -0.737. The summed E-state index contributed by atoms with van der Waals surface area (Å²) in [6, 6.07) is 7.70. The predicted octanol–water partition coefficient (Wildman–Crippen LogP) is 4.45. The maximum absolute atomic E-state index is 14.8. The van der Waals surface area contributed by atoms with E-state index in [2.05, 4.69) is 0 Å². The second kappa shape index (κ2) is 9.77. The number of alkyl halides is 3. The SMILES string of the molecule is CS(=O)(=O)NC(=O)c1cc(C2CC2)c(O[C@@H]2CCCN(Cc3cccc(C(F)(F)F)c3)C2)cc1F. The van der Waals surface area contributed by atoms with Crippen molar-refractivity contribution >= 4 is 15.9 Å². The molecule has 6 nitrogen and oxygen atoms in total. The van der Waals surface area contributed by atoms with E-state index in [-0.39, 0.29) is 17.6 Å². The van der Waals surface area contributed by atoms with Crippen LogP contribution in [-0.2, 0) is 22.7 Å². The zero-order valence-electron chi connectivity index (χ0n) is 19.1. The zero-order chi connectivity index (χ0) is 25.4.